The number of benzene rings is 4. The summed E-state index contributed by atoms with van der Waals surface area (Å²) in [5.41, 5.74) is 3.54. The molecule has 0 saturated heterocycles. The molecule has 1 aliphatic rings. The van der Waals surface area contributed by atoms with Gasteiger partial charge in [-0.2, -0.15) is 0 Å². The van der Waals surface area contributed by atoms with Crippen molar-refractivity contribution in [2.75, 3.05) is 6.61 Å². The Hall–Kier alpha value is -4.65. The topological polar surface area (TPSA) is 84.9 Å². The van der Waals surface area contributed by atoms with Gasteiger partial charge in [-0.1, -0.05) is 84.9 Å². The van der Waals surface area contributed by atoms with Crippen LogP contribution < -0.4 is 10.1 Å². The second-order valence-electron chi connectivity index (χ2n) is 9.79. The van der Waals surface area contributed by atoms with Gasteiger partial charge in [-0.15, -0.1) is 0 Å². The van der Waals surface area contributed by atoms with E-state index in [0.29, 0.717) is 5.75 Å². The number of carboxylic acids is 1. The number of carbonyl (C=O) groups is 2. The molecule has 0 aromatic heterocycles. The Balaban J connectivity index is 1.24. The Morgan fingerprint density at radius 3 is 2.13 bits per heavy atom. The summed E-state index contributed by atoms with van der Waals surface area (Å²) in [4.78, 5) is 25.0. The van der Waals surface area contributed by atoms with E-state index in [4.69, 9.17) is 9.47 Å². The summed E-state index contributed by atoms with van der Waals surface area (Å²) in [6.45, 7) is 1.64. The van der Waals surface area contributed by atoms with Gasteiger partial charge in [0.2, 0.25) is 0 Å². The summed E-state index contributed by atoms with van der Waals surface area (Å²) in [6.07, 6.45) is -1.16. The van der Waals surface area contributed by atoms with Crippen molar-refractivity contribution < 1.29 is 28.6 Å². The quantitative estimate of drug-likeness (QED) is 0.267. The lowest BCUT2D eigenvalue weighted by molar-refractivity contribution is -0.143. The number of nitrogens with one attached hydrogen (secondary N) is 1. The van der Waals surface area contributed by atoms with Crippen LogP contribution in [0.5, 0.6) is 5.75 Å². The maximum atomic E-state index is 14.9. The van der Waals surface area contributed by atoms with Crippen LogP contribution in [0, 0.1) is 5.82 Å². The molecular weight excluding hydrogens is 497 g/mol. The van der Waals surface area contributed by atoms with E-state index in [-0.39, 0.29) is 31.1 Å². The molecule has 1 aliphatic carbocycles. The van der Waals surface area contributed by atoms with Gasteiger partial charge in [0.15, 0.2) is 0 Å². The highest BCUT2D eigenvalue weighted by Crippen LogP contribution is 2.44. The number of alkyl carbamates (subject to hydrolysis) is 1. The van der Waals surface area contributed by atoms with Gasteiger partial charge in [0.05, 0.1) is 0 Å². The van der Waals surface area contributed by atoms with Crippen molar-refractivity contribution in [3.8, 4) is 16.9 Å². The van der Waals surface area contributed by atoms with Crippen LogP contribution in [0.3, 0.4) is 0 Å². The third-order valence-electron chi connectivity index (χ3n) is 7.01. The summed E-state index contributed by atoms with van der Waals surface area (Å²) < 4.78 is 26.1. The van der Waals surface area contributed by atoms with Gasteiger partial charge in [0, 0.05) is 18.4 Å². The van der Waals surface area contributed by atoms with E-state index < -0.39 is 23.4 Å². The normalized spacial score (nSPS) is 13.6. The highest BCUT2D eigenvalue weighted by molar-refractivity contribution is 5.84. The third-order valence-corrected chi connectivity index (χ3v) is 7.01. The first-order chi connectivity index (χ1) is 18.8. The molecule has 0 radical (unpaired) electrons. The van der Waals surface area contributed by atoms with E-state index in [9.17, 15) is 19.1 Å². The van der Waals surface area contributed by atoms with Crippen LogP contribution >= 0.6 is 0 Å². The largest absolute Gasteiger partial charge is 0.489 e. The van der Waals surface area contributed by atoms with Gasteiger partial charge >= 0.3 is 12.1 Å². The minimum Gasteiger partial charge on any atom is -0.489 e. The number of carboxylic acid groups (broad SMARTS) is 1. The van der Waals surface area contributed by atoms with E-state index in [2.05, 4.69) is 5.32 Å². The van der Waals surface area contributed by atoms with Crippen molar-refractivity contribution in [2.24, 2.45) is 0 Å². The van der Waals surface area contributed by atoms with Gasteiger partial charge in [0.1, 0.15) is 30.3 Å². The molecule has 0 heterocycles. The van der Waals surface area contributed by atoms with Gasteiger partial charge in [0.25, 0.3) is 0 Å². The van der Waals surface area contributed by atoms with E-state index in [0.717, 1.165) is 27.8 Å². The van der Waals surface area contributed by atoms with E-state index in [1.165, 1.54) is 19.1 Å². The number of ether oxygens (including phenoxy) is 2. The predicted molar refractivity (Wildman–Crippen MR) is 145 cm³/mol. The molecule has 4 aromatic carbocycles. The maximum absolute atomic E-state index is 14.9. The molecule has 1 amide bonds. The zero-order valence-electron chi connectivity index (χ0n) is 21.4. The van der Waals surface area contributed by atoms with Crippen molar-refractivity contribution in [3.63, 3.8) is 0 Å². The van der Waals surface area contributed by atoms with Crippen molar-refractivity contribution in [1.82, 2.24) is 5.32 Å². The Labute approximate surface area is 226 Å². The Bertz CT molecular complexity index is 1460. The summed E-state index contributed by atoms with van der Waals surface area (Å²) in [5.74, 6) is -1.77. The summed E-state index contributed by atoms with van der Waals surface area (Å²) in [5, 5.41) is 12.4. The number of fused-ring (bicyclic) bond motifs is 3. The SMILES string of the molecule is C[C@@](Cc1ccc(OCc2ccccc2)cc1F)(NC(=O)OCC1c2ccccc2-c2ccccc21)C(=O)O. The number of hydrogen-bond donors (Lipinski definition) is 2. The molecule has 0 fully saturated rings. The molecule has 2 N–H and O–H groups in total. The number of amides is 1. The van der Waals surface area contributed by atoms with E-state index >= 15 is 0 Å². The molecule has 0 bridgehead atoms. The Morgan fingerprint density at radius 2 is 1.51 bits per heavy atom. The van der Waals surface area contributed by atoms with Gasteiger partial charge in [-0.3, -0.25) is 0 Å². The van der Waals surface area contributed by atoms with Crippen LogP contribution in [-0.4, -0.2) is 29.3 Å². The first-order valence-electron chi connectivity index (χ1n) is 12.7. The highest BCUT2D eigenvalue weighted by Gasteiger charge is 2.37. The zero-order valence-corrected chi connectivity index (χ0v) is 21.4. The van der Waals surface area contributed by atoms with Crippen LogP contribution in [-0.2, 0) is 22.6 Å². The highest BCUT2D eigenvalue weighted by atomic mass is 19.1. The fraction of sp³-hybridized carbons (Fsp3) is 0.188. The predicted octanol–water partition coefficient (Wildman–Crippen LogP) is 6.33. The van der Waals surface area contributed by atoms with E-state index in [1.807, 2.05) is 78.9 Å². The molecule has 5 rings (SSSR count). The van der Waals surface area contributed by atoms with Gasteiger partial charge in [-0.05, 0) is 46.4 Å². The molecule has 0 saturated carbocycles. The lowest BCUT2D eigenvalue weighted by Gasteiger charge is -2.26. The zero-order chi connectivity index (χ0) is 27.4. The Morgan fingerprint density at radius 1 is 0.897 bits per heavy atom. The lowest BCUT2D eigenvalue weighted by atomic mass is 9.92. The van der Waals surface area contributed by atoms with Crippen LogP contribution in [0.25, 0.3) is 11.1 Å². The number of aliphatic carboxylic acids is 1. The van der Waals surface area contributed by atoms with Crippen molar-refractivity contribution in [2.45, 2.75) is 31.4 Å². The molecule has 7 heteroatoms. The molecule has 6 nitrogen and oxygen atoms in total. The summed E-state index contributed by atoms with van der Waals surface area (Å²) in [7, 11) is 0. The van der Waals surface area contributed by atoms with Crippen molar-refractivity contribution in [1.29, 1.82) is 0 Å². The van der Waals surface area contributed by atoms with Crippen LogP contribution in [0.1, 0.15) is 35.1 Å². The average molecular weight is 526 g/mol. The van der Waals surface area contributed by atoms with Crippen molar-refractivity contribution in [3.05, 3.63) is 125 Å². The van der Waals surface area contributed by atoms with Crippen LogP contribution in [0.2, 0.25) is 0 Å². The minimum absolute atomic E-state index is 0.0391. The summed E-state index contributed by atoms with van der Waals surface area (Å²) in [6, 6.07) is 29.6. The third kappa shape index (κ3) is 5.62. The number of rotatable bonds is 9. The number of hydrogen-bond acceptors (Lipinski definition) is 4. The first-order valence-corrected chi connectivity index (χ1v) is 12.7. The molecule has 4 aromatic rings. The Kier molecular flexibility index (Phi) is 7.32. The molecule has 0 unspecified atom stereocenters. The average Bonchev–Trinajstić information content (AvgIpc) is 3.26. The fourth-order valence-electron chi connectivity index (χ4n) is 4.92. The molecule has 39 heavy (non-hydrogen) atoms. The van der Waals surface area contributed by atoms with Crippen molar-refractivity contribution >= 4 is 12.1 Å². The molecule has 0 aliphatic heterocycles. The smallest absolute Gasteiger partial charge is 0.408 e. The standard InChI is InChI=1S/C32H28FNO5/c1-32(30(35)36,18-22-15-16-23(17-29(22)33)38-19-21-9-3-2-4-10-21)34-31(37)39-20-28-26-13-7-5-11-24(26)25-12-6-8-14-27(25)28/h2-17,28H,18-20H2,1H3,(H,34,37)(H,35,36)/t32-/m0/s1. The van der Waals surface area contributed by atoms with Gasteiger partial charge in [-0.25, -0.2) is 14.0 Å². The maximum Gasteiger partial charge on any atom is 0.408 e. The molecule has 1 atom stereocenters. The number of carbonyl (C=O) groups excluding carboxylic acids is 1. The molecular formula is C32H28FNO5. The van der Waals surface area contributed by atoms with Crippen LogP contribution in [0.15, 0.2) is 97.1 Å². The second kappa shape index (κ2) is 11.0. The summed E-state index contributed by atoms with van der Waals surface area (Å²) >= 11 is 0. The van der Waals surface area contributed by atoms with Gasteiger partial charge < -0.3 is 19.9 Å². The molecule has 0 spiro atoms. The first kappa shape index (κ1) is 26.0. The minimum atomic E-state index is -1.80. The lowest BCUT2D eigenvalue weighted by Crippen LogP contribution is -2.54. The fourth-order valence-corrected chi connectivity index (χ4v) is 4.92. The monoisotopic (exact) mass is 525 g/mol. The van der Waals surface area contributed by atoms with Crippen LogP contribution in [0.4, 0.5) is 9.18 Å². The molecule has 198 valence electrons. The number of halogens is 1. The van der Waals surface area contributed by atoms with E-state index in [1.54, 1.807) is 6.07 Å². The second-order valence-corrected chi connectivity index (χ2v) is 9.79.